The summed E-state index contributed by atoms with van der Waals surface area (Å²) in [6.45, 7) is 8.44. The molecule has 1 rings (SSSR count). The van der Waals surface area contributed by atoms with E-state index in [4.69, 9.17) is 5.11 Å². The summed E-state index contributed by atoms with van der Waals surface area (Å²) in [6, 6.07) is 8.73. The maximum Gasteiger partial charge on any atom is 0.0468 e. The SMILES string of the molecule is CC(CO)CNCc1ccc(C(C)C)cc1. The normalized spacial score (nSPS) is 13.1. The standard InChI is InChI=1S/C14H23NO/c1-11(2)14-6-4-13(5-7-14)9-15-8-12(3)10-16/h4-7,11-12,15-16H,8-10H2,1-3H3. The van der Waals surface area contributed by atoms with Gasteiger partial charge in [-0.3, -0.25) is 0 Å². The minimum Gasteiger partial charge on any atom is -0.396 e. The summed E-state index contributed by atoms with van der Waals surface area (Å²) < 4.78 is 0. The van der Waals surface area contributed by atoms with Crippen molar-refractivity contribution >= 4 is 0 Å². The Labute approximate surface area is 98.7 Å². The molecule has 0 saturated heterocycles. The van der Waals surface area contributed by atoms with E-state index in [1.54, 1.807) is 0 Å². The lowest BCUT2D eigenvalue weighted by Gasteiger charge is -2.10. The predicted octanol–water partition coefficient (Wildman–Crippen LogP) is 2.53. The molecule has 0 aliphatic heterocycles. The second-order valence-corrected chi connectivity index (χ2v) is 4.81. The van der Waals surface area contributed by atoms with E-state index in [0.29, 0.717) is 11.8 Å². The van der Waals surface area contributed by atoms with Crippen molar-refractivity contribution in [2.24, 2.45) is 5.92 Å². The first-order chi connectivity index (χ1) is 7.63. The monoisotopic (exact) mass is 221 g/mol. The zero-order valence-electron chi connectivity index (χ0n) is 10.5. The summed E-state index contributed by atoms with van der Waals surface area (Å²) in [4.78, 5) is 0. The molecule has 1 atom stereocenters. The summed E-state index contributed by atoms with van der Waals surface area (Å²) in [5, 5.41) is 12.2. The summed E-state index contributed by atoms with van der Waals surface area (Å²) in [6.07, 6.45) is 0. The van der Waals surface area contributed by atoms with Crippen LogP contribution in [0.3, 0.4) is 0 Å². The molecule has 0 heterocycles. The van der Waals surface area contributed by atoms with Gasteiger partial charge in [0, 0.05) is 19.7 Å². The van der Waals surface area contributed by atoms with Crippen LogP contribution in [0.4, 0.5) is 0 Å². The zero-order valence-corrected chi connectivity index (χ0v) is 10.5. The van der Waals surface area contributed by atoms with Gasteiger partial charge in [-0.1, -0.05) is 45.0 Å². The molecule has 90 valence electrons. The fourth-order valence-corrected chi connectivity index (χ4v) is 1.55. The van der Waals surface area contributed by atoms with Crippen LogP contribution in [0.15, 0.2) is 24.3 Å². The molecule has 0 fully saturated rings. The van der Waals surface area contributed by atoms with Crippen molar-refractivity contribution < 1.29 is 5.11 Å². The quantitative estimate of drug-likeness (QED) is 0.773. The fraction of sp³-hybridized carbons (Fsp3) is 0.571. The Kier molecular flexibility index (Phi) is 5.50. The fourth-order valence-electron chi connectivity index (χ4n) is 1.55. The molecule has 0 aliphatic rings. The number of hydrogen-bond acceptors (Lipinski definition) is 2. The van der Waals surface area contributed by atoms with Crippen LogP contribution >= 0.6 is 0 Å². The molecule has 2 nitrogen and oxygen atoms in total. The average Bonchev–Trinajstić information content (AvgIpc) is 2.29. The van der Waals surface area contributed by atoms with E-state index in [-0.39, 0.29) is 6.61 Å². The van der Waals surface area contributed by atoms with Crippen LogP contribution in [0.25, 0.3) is 0 Å². The molecule has 0 aliphatic carbocycles. The van der Waals surface area contributed by atoms with E-state index in [0.717, 1.165) is 13.1 Å². The maximum absolute atomic E-state index is 8.89. The Morgan fingerprint density at radius 1 is 1.12 bits per heavy atom. The molecular weight excluding hydrogens is 198 g/mol. The average molecular weight is 221 g/mol. The highest BCUT2D eigenvalue weighted by Crippen LogP contribution is 2.14. The van der Waals surface area contributed by atoms with Crippen LogP contribution in [-0.2, 0) is 6.54 Å². The lowest BCUT2D eigenvalue weighted by molar-refractivity contribution is 0.233. The molecule has 1 aromatic rings. The number of hydrogen-bond donors (Lipinski definition) is 2. The smallest absolute Gasteiger partial charge is 0.0468 e. The van der Waals surface area contributed by atoms with Gasteiger partial charge in [-0.2, -0.15) is 0 Å². The highest BCUT2D eigenvalue weighted by atomic mass is 16.3. The Bertz CT molecular complexity index is 292. The zero-order chi connectivity index (χ0) is 12.0. The molecule has 0 radical (unpaired) electrons. The van der Waals surface area contributed by atoms with Gasteiger partial charge in [-0.15, -0.1) is 0 Å². The van der Waals surface area contributed by atoms with Crippen LogP contribution in [0.2, 0.25) is 0 Å². The van der Waals surface area contributed by atoms with Gasteiger partial charge in [-0.25, -0.2) is 0 Å². The van der Waals surface area contributed by atoms with Crippen LogP contribution in [-0.4, -0.2) is 18.3 Å². The van der Waals surface area contributed by atoms with Crippen molar-refractivity contribution in [3.63, 3.8) is 0 Å². The number of nitrogens with one attached hydrogen (secondary N) is 1. The molecule has 2 heteroatoms. The van der Waals surface area contributed by atoms with E-state index in [2.05, 4.69) is 43.4 Å². The molecule has 0 bridgehead atoms. The van der Waals surface area contributed by atoms with Gasteiger partial charge in [0.2, 0.25) is 0 Å². The van der Waals surface area contributed by atoms with Crippen LogP contribution in [0, 0.1) is 5.92 Å². The first-order valence-corrected chi connectivity index (χ1v) is 6.04. The van der Waals surface area contributed by atoms with Gasteiger partial charge in [0.05, 0.1) is 0 Å². The summed E-state index contributed by atoms with van der Waals surface area (Å²) in [5.41, 5.74) is 2.68. The highest BCUT2D eigenvalue weighted by Gasteiger charge is 2.00. The van der Waals surface area contributed by atoms with Crippen LogP contribution < -0.4 is 5.32 Å². The van der Waals surface area contributed by atoms with Crippen molar-refractivity contribution in [1.29, 1.82) is 0 Å². The van der Waals surface area contributed by atoms with E-state index in [9.17, 15) is 0 Å². The third kappa shape index (κ3) is 4.33. The molecule has 0 spiro atoms. The highest BCUT2D eigenvalue weighted by molar-refractivity contribution is 5.24. The maximum atomic E-state index is 8.89. The Hall–Kier alpha value is -0.860. The molecule has 2 N–H and O–H groups in total. The Morgan fingerprint density at radius 2 is 1.75 bits per heavy atom. The molecule has 16 heavy (non-hydrogen) atoms. The van der Waals surface area contributed by atoms with Crippen molar-refractivity contribution in [2.75, 3.05) is 13.2 Å². The Morgan fingerprint density at radius 3 is 2.25 bits per heavy atom. The van der Waals surface area contributed by atoms with Gasteiger partial charge in [-0.05, 0) is 23.0 Å². The van der Waals surface area contributed by atoms with Crippen LogP contribution in [0.5, 0.6) is 0 Å². The summed E-state index contributed by atoms with van der Waals surface area (Å²) in [7, 11) is 0. The van der Waals surface area contributed by atoms with Crippen molar-refractivity contribution in [2.45, 2.75) is 33.2 Å². The van der Waals surface area contributed by atoms with E-state index >= 15 is 0 Å². The van der Waals surface area contributed by atoms with Gasteiger partial charge < -0.3 is 10.4 Å². The molecular formula is C14H23NO. The van der Waals surface area contributed by atoms with E-state index in [1.165, 1.54) is 11.1 Å². The van der Waals surface area contributed by atoms with Gasteiger partial charge in [0.1, 0.15) is 0 Å². The minimum atomic E-state index is 0.249. The third-order valence-corrected chi connectivity index (χ3v) is 2.78. The number of rotatable bonds is 6. The van der Waals surface area contributed by atoms with Crippen molar-refractivity contribution in [3.05, 3.63) is 35.4 Å². The van der Waals surface area contributed by atoms with Crippen molar-refractivity contribution in [3.8, 4) is 0 Å². The minimum absolute atomic E-state index is 0.249. The van der Waals surface area contributed by atoms with Gasteiger partial charge in [0.15, 0.2) is 0 Å². The second kappa shape index (κ2) is 6.66. The molecule has 1 aromatic carbocycles. The van der Waals surface area contributed by atoms with E-state index < -0.39 is 0 Å². The predicted molar refractivity (Wildman–Crippen MR) is 68.5 cm³/mol. The lowest BCUT2D eigenvalue weighted by Crippen LogP contribution is -2.22. The summed E-state index contributed by atoms with van der Waals surface area (Å²) in [5.74, 6) is 0.923. The summed E-state index contributed by atoms with van der Waals surface area (Å²) >= 11 is 0. The lowest BCUT2D eigenvalue weighted by atomic mass is 10.0. The number of aliphatic hydroxyl groups is 1. The van der Waals surface area contributed by atoms with Gasteiger partial charge >= 0.3 is 0 Å². The third-order valence-electron chi connectivity index (χ3n) is 2.78. The number of aliphatic hydroxyl groups excluding tert-OH is 1. The van der Waals surface area contributed by atoms with E-state index in [1.807, 2.05) is 6.92 Å². The topological polar surface area (TPSA) is 32.3 Å². The molecule has 1 unspecified atom stereocenters. The second-order valence-electron chi connectivity index (χ2n) is 4.81. The van der Waals surface area contributed by atoms with Crippen LogP contribution in [0.1, 0.15) is 37.8 Å². The molecule has 0 amide bonds. The number of benzene rings is 1. The van der Waals surface area contributed by atoms with Crippen molar-refractivity contribution in [1.82, 2.24) is 5.32 Å². The van der Waals surface area contributed by atoms with Gasteiger partial charge in [0.25, 0.3) is 0 Å². The largest absolute Gasteiger partial charge is 0.396 e. The first-order valence-electron chi connectivity index (χ1n) is 6.04. The molecule has 0 aromatic heterocycles. The molecule has 0 saturated carbocycles. The Balaban J connectivity index is 2.38. The first kappa shape index (κ1) is 13.2.